The zero-order chi connectivity index (χ0) is 19.4. The van der Waals surface area contributed by atoms with Crippen molar-refractivity contribution >= 4 is 11.9 Å². The van der Waals surface area contributed by atoms with E-state index in [9.17, 15) is 9.59 Å². The van der Waals surface area contributed by atoms with Crippen LogP contribution in [0.3, 0.4) is 0 Å². The Bertz CT molecular complexity index is 529. The molecule has 1 atom stereocenters. The van der Waals surface area contributed by atoms with Crippen LogP contribution in [0.25, 0.3) is 0 Å². The molecule has 5 nitrogen and oxygen atoms in total. The molecule has 0 heterocycles. The zero-order valence-electron chi connectivity index (χ0n) is 16.7. The smallest absolute Gasteiger partial charge is 0.310 e. The predicted molar refractivity (Wildman–Crippen MR) is 105 cm³/mol. The van der Waals surface area contributed by atoms with E-state index in [0.29, 0.717) is 19.5 Å². The average Bonchev–Trinajstić information content (AvgIpc) is 2.68. The summed E-state index contributed by atoms with van der Waals surface area (Å²) < 4.78 is 4.81. The van der Waals surface area contributed by atoms with Crippen molar-refractivity contribution in [1.82, 2.24) is 9.80 Å². The van der Waals surface area contributed by atoms with Crippen molar-refractivity contribution in [2.75, 3.05) is 39.8 Å². The van der Waals surface area contributed by atoms with E-state index in [2.05, 4.69) is 18.7 Å². The van der Waals surface area contributed by atoms with E-state index in [1.807, 2.05) is 42.2 Å². The van der Waals surface area contributed by atoms with Crippen LogP contribution in [0.2, 0.25) is 0 Å². The molecule has 0 aliphatic carbocycles. The van der Waals surface area contributed by atoms with Gasteiger partial charge in [-0.25, -0.2) is 0 Å². The summed E-state index contributed by atoms with van der Waals surface area (Å²) in [5, 5.41) is 0. The maximum atomic E-state index is 12.7. The molecule has 0 aliphatic rings. The lowest BCUT2D eigenvalue weighted by Crippen LogP contribution is -2.39. The summed E-state index contributed by atoms with van der Waals surface area (Å²) in [5.74, 6) is -0.479. The summed E-state index contributed by atoms with van der Waals surface area (Å²) >= 11 is 0. The minimum absolute atomic E-state index is 0.101. The second kappa shape index (κ2) is 12.5. The number of aryl methyl sites for hydroxylation is 1. The van der Waals surface area contributed by atoms with Crippen LogP contribution in [0.1, 0.15) is 39.2 Å². The number of esters is 1. The maximum absolute atomic E-state index is 12.7. The lowest BCUT2D eigenvalue weighted by molar-refractivity contribution is -0.146. The summed E-state index contributed by atoms with van der Waals surface area (Å²) in [4.78, 5) is 28.7. The van der Waals surface area contributed by atoms with Gasteiger partial charge in [0.1, 0.15) is 0 Å². The highest BCUT2D eigenvalue weighted by Crippen LogP contribution is 2.09. The Morgan fingerprint density at radius 3 is 2.31 bits per heavy atom. The van der Waals surface area contributed by atoms with E-state index >= 15 is 0 Å². The quantitative estimate of drug-likeness (QED) is 0.537. The number of ether oxygens (including phenoxy) is 1. The van der Waals surface area contributed by atoms with Crippen LogP contribution in [-0.4, -0.2) is 61.5 Å². The Balaban J connectivity index is 2.62. The Hall–Kier alpha value is -1.88. The standard InChI is InChI=1S/C21H34N2O3/c1-5-22(6-2)15-10-16-23(17-18(3)21(25)26-4)20(24)14-13-19-11-8-7-9-12-19/h7-9,11-12,18H,5-6,10,13-17H2,1-4H3. The first kappa shape index (κ1) is 22.2. The second-order valence-corrected chi connectivity index (χ2v) is 6.63. The number of hydrogen-bond acceptors (Lipinski definition) is 4. The highest BCUT2D eigenvalue weighted by atomic mass is 16.5. The average molecular weight is 363 g/mol. The number of rotatable bonds is 12. The molecule has 0 bridgehead atoms. The third-order valence-electron chi connectivity index (χ3n) is 4.72. The van der Waals surface area contributed by atoms with Crippen molar-refractivity contribution in [2.45, 2.75) is 40.0 Å². The number of amides is 1. The molecule has 1 amide bonds. The lowest BCUT2D eigenvalue weighted by atomic mass is 10.1. The Morgan fingerprint density at radius 2 is 1.73 bits per heavy atom. The Labute approximate surface area is 158 Å². The summed E-state index contributed by atoms with van der Waals surface area (Å²) in [5.41, 5.74) is 1.16. The van der Waals surface area contributed by atoms with E-state index < -0.39 is 0 Å². The first-order valence-corrected chi connectivity index (χ1v) is 9.63. The Kier molecular flexibility index (Phi) is 10.6. The van der Waals surface area contributed by atoms with Gasteiger partial charge in [0.15, 0.2) is 0 Å². The van der Waals surface area contributed by atoms with E-state index in [1.165, 1.54) is 7.11 Å². The fraction of sp³-hybridized carbons (Fsp3) is 0.619. The molecule has 1 rings (SSSR count). The number of nitrogens with zero attached hydrogens (tertiary/aromatic N) is 2. The molecule has 0 spiro atoms. The third-order valence-corrected chi connectivity index (χ3v) is 4.72. The molecule has 0 saturated heterocycles. The Morgan fingerprint density at radius 1 is 1.08 bits per heavy atom. The van der Waals surface area contributed by atoms with Crippen molar-refractivity contribution in [3.63, 3.8) is 0 Å². The SMILES string of the molecule is CCN(CC)CCCN(CC(C)C(=O)OC)C(=O)CCc1ccccc1. The normalized spacial score (nSPS) is 12.0. The van der Waals surface area contributed by atoms with Gasteiger partial charge in [0, 0.05) is 19.5 Å². The number of carbonyl (C=O) groups excluding carboxylic acids is 2. The largest absolute Gasteiger partial charge is 0.469 e. The van der Waals surface area contributed by atoms with Crippen LogP contribution in [0.4, 0.5) is 0 Å². The monoisotopic (exact) mass is 362 g/mol. The summed E-state index contributed by atoms with van der Waals surface area (Å²) in [6, 6.07) is 10.0. The van der Waals surface area contributed by atoms with E-state index in [-0.39, 0.29) is 17.8 Å². The highest BCUT2D eigenvalue weighted by molar-refractivity contribution is 5.78. The highest BCUT2D eigenvalue weighted by Gasteiger charge is 2.21. The van der Waals surface area contributed by atoms with Gasteiger partial charge >= 0.3 is 5.97 Å². The molecule has 0 N–H and O–H groups in total. The van der Waals surface area contributed by atoms with Crippen molar-refractivity contribution in [2.24, 2.45) is 5.92 Å². The van der Waals surface area contributed by atoms with Gasteiger partial charge in [0.2, 0.25) is 5.91 Å². The van der Waals surface area contributed by atoms with Crippen molar-refractivity contribution in [3.05, 3.63) is 35.9 Å². The van der Waals surface area contributed by atoms with Gasteiger partial charge in [-0.3, -0.25) is 9.59 Å². The molecule has 0 saturated carbocycles. The van der Waals surface area contributed by atoms with E-state index in [0.717, 1.165) is 38.0 Å². The molecule has 1 aromatic rings. The zero-order valence-corrected chi connectivity index (χ0v) is 16.7. The molecule has 26 heavy (non-hydrogen) atoms. The molecule has 0 aliphatic heterocycles. The fourth-order valence-electron chi connectivity index (χ4n) is 3.00. The summed E-state index contributed by atoms with van der Waals surface area (Å²) in [7, 11) is 1.39. The topological polar surface area (TPSA) is 49.9 Å². The predicted octanol–water partition coefficient (Wildman–Crippen LogP) is 2.99. The fourth-order valence-corrected chi connectivity index (χ4v) is 3.00. The second-order valence-electron chi connectivity index (χ2n) is 6.63. The third kappa shape index (κ3) is 8.00. The van der Waals surface area contributed by atoms with Crippen molar-refractivity contribution in [1.29, 1.82) is 0 Å². The number of hydrogen-bond donors (Lipinski definition) is 0. The van der Waals surface area contributed by atoms with Gasteiger partial charge < -0.3 is 14.5 Å². The van der Waals surface area contributed by atoms with Crippen molar-refractivity contribution < 1.29 is 14.3 Å². The van der Waals surface area contributed by atoms with Gasteiger partial charge in [-0.1, -0.05) is 51.1 Å². The van der Waals surface area contributed by atoms with Gasteiger partial charge in [-0.15, -0.1) is 0 Å². The van der Waals surface area contributed by atoms with Crippen LogP contribution in [0.15, 0.2) is 30.3 Å². The molecular formula is C21H34N2O3. The number of carbonyl (C=O) groups is 2. The molecular weight excluding hydrogens is 328 g/mol. The molecule has 0 aromatic heterocycles. The molecule has 146 valence electrons. The minimum Gasteiger partial charge on any atom is -0.469 e. The van der Waals surface area contributed by atoms with Crippen LogP contribution in [0.5, 0.6) is 0 Å². The van der Waals surface area contributed by atoms with Crippen LogP contribution >= 0.6 is 0 Å². The molecule has 0 fully saturated rings. The van der Waals surface area contributed by atoms with Crippen molar-refractivity contribution in [3.8, 4) is 0 Å². The van der Waals surface area contributed by atoms with E-state index in [1.54, 1.807) is 0 Å². The van der Waals surface area contributed by atoms with Crippen LogP contribution < -0.4 is 0 Å². The van der Waals surface area contributed by atoms with Gasteiger partial charge in [0.25, 0.3) is 0 Å². The molecule has 5 heteroatoms. The first-order valence-electron chi connectivity index (χ1n) is 9.63. The minimum atomic E-state index is -0.311. The first-order chi connectivity index (χ1) is 12.5. The number of benzene rings is 1. The lowest BCUT2D eigenvalue weighted by Gasteiger charge is -2.27. The van der Waals surface area contributed by atoms with Crippen LogP contribution in [-0.2, 0) is 20.7 Å². The van der Waals surface area contributed by atoms with Crippen LogP contribution in [0, 0.1) is 5.92 Å². The molecule has 1 unspecified atom stereocenters. The summed E-state index contributed by atoms with van der Waals surface area (Å²) in [6.07, 6.45) is 2.09. The molecule has 0 radical (unpaired) electrons. The van der Waals surface area contributed by atoms with Gasteiger partial charge in [0.05, 0.1) is 13.0 Å². The van der Waals surface area contributed by atoms with E-state index in [4.69, 9.17) is 4.74 Å². The molecule has 1 aromatic carbocycles. The maximum Gasteiger partial charge on any atom is 0.310 e. The summed E-state index contributed by atoms with van der Waals surface area (Å²) in [6.45, 7) is 10.2. The van der Waals surface area contributed by atoms with Gasteiger partial charge in [-0.05, 0) is 38.0 Å². The van der Waals surface area contributed by atoms with Gasteiger partial charge in [-0.2, -0.15) is 0 Å². The number of methoxy groups -OCH3 is 1.